The van der Waals surface area contributed by atoms with Gasteiger partial charge in [-0.2, -0.15) is 0 Å². The average molecular weight is 459 g/mol. The predicted octanol–water partition coefficient (Wildman–Crippen LogP) is 5.12. The molecule has 1 unspecified atom stereocenters. The van der Waals surface area contributed by atoms with Gasteiger partial charge >= 0.3 is 0 Å². The number of nitrogens with one attached hydrogen (secondary N) is 1. The fourth-order valence-corrected chi connectivity index (χ4v) is 3.53. The molecule has 32 heavy (non-hydrogen) atoms. The zero-order chi connectivity index (χ0) is 23.3. The number of ether oxygens (including phenoxy) is 1. The largest absolute Gasteiger partial charge is 0.494 e. The molecule has 2 aromatic rings. The van der Waals surface area contributed by atoms with Gasteiger partial charge in [0.2, 0.25) is 11.8 Å². The van der Waals surface area contributed by atoms with Crippen LogP contribution >= 0.6 is 11.6 Å². The SMILES string of the molecule is CCC(C(=O)NCC(C)C)N(CCc1ccccc1)C(=O)CCCOc1ccc(Cl)cc1. The second-order valence-electron chi connectivity index (χ2n) is 8.29. The average Bonchev–Trinajstić information content (AvgIpc) is 2.79. The molecule has 2 amide bonds. The van der Waals surface area contributed by atoms with Gasteiger partial charge in [-0.1, -0.05) is 62.7 Å². The van der Waals surface area contributed by atoms with Crippen LogP contribution in [0.3, 0.4) is 0 Å². The molecule has 0 aliphatic carbocycles. The van der Waals surface area contributed by atoms with Crippen molar-refractivity contribution in [2.45, 2.75) is 52.5 Å². The van der Waals surface area contributed by atoms with Gasteiger partial charge in [-0.3, -0.25) is 9.59 Å². The first kappa shape index (κ1) is 25.7. The monoisotopic (exact) mass is 458 g/mol. The van der Waals surface area contributed by atoms with Crippen molar-refractivity contribution in [1.82, 2.24) is 10.2 Å². The van der Waals surface area contributed by atoms with Crippen LogP contribution in [-0.2, 0) is 16.0 Å². The fourth-order valence-electron chi connectivity index (χ4n) is 3.41. The van der Waals surface area contributed by atoms with Gasteiger partial charge in [-0.25, -0.2) is 0 Å². The fraction of sp³-hybridized carbons (Fsp3) is 0.462. The molecule has 0 aromatic heterocycles. The Morgan fingerprint density at radius 3 is 2.38 bits per heavy atom. The summed E-state index contributed by atoms with van der Waals surface area (Å²) >= 11 is 5.89. The number of nitrogens with zero attached hydrogens (tertiary/aromatic N) is 1. The van der Waals surface area contributed by atoms with Crippen molar-refractivity contribution in [2.24, 2.45) is 5.92 Å². The minimum atomic E-state index is -0.470. The van der Waals surface area contributed by atoms with Crippen molar-refractivity contribution in [3.63, 3.8) is 0 Å². The zero-order valence-electron chi connectivity index (χ0n) is 19.4. The molecular formula is C26H35ClN2O3. The van der Waals surface area contributed by atoms with Gasteiger partial charge in [0.25, 0.3) is 0 Å². The van der Waals surface area contributed by atoms with E-state index in [1.54, 1.807) is 17.0 Å². The number of carbonyl (C=O) groups excluding carboxylic acids is 2. The van der Waals surface area contributed by atoms with Crippen LogP contribution in [0.1, 0.15) is 45.6 Å². The molecule has 0 radical (unpaired) electrons. The Kier molecular flexibility index (Phi) is 11.1. The molecule has 1 N–H and O–H groups in total. The van der Waals surface area contributed by atoms with Gasteiger partial charge in [0.1, 0.15) is 11.8 Å². The van der Waals surface area contributed by atoms with E-state index < -0.39 is 6.04 Å². The first-order chi connectivity index (χ1) is 15.4. The molecule has 1 atom stereocenters. The number of carbonyl (C=O) groups is 2. The quantitative estimate of drug-likeness (QED) is 0.424. The van der Waals surface area contributed by atoms with Crippen molar-refractivity contribution in [2.75, 3.05) is 19.7 Å². The van der Waals surface area contributed by atoms with E-state index in [0.717, 1.165) is 11.3 Å². The topological polar surface area (TPSA) is 58.6 Å². The van der Waals surface area contributed by atoms with Crippen LogP contribution in [0.5, 0.6) is 5.75 Å². The molecule has 2 rings (SSSR count). The van der Waals surface area contributed by atoms with Crippen LogP contribution < -0.4 is 10.1 Å². The van der Waals surface area contributed by atoms with E-state index in [4.69, 9.17) is 16.3 Å². The van der Waals surface area contributed by atoms with Gasteiger partial charge in [0.05, 0.1) is 6.61 Å². The summed E-state index contributed by atoms with van der Waals surface area (Å²) in [4.78, 5) is 27.7. The highest BCUT2D eigenvalue weighted by Gasteiger charge is 2.27. The summed E-state index contributed by atoms with van der Waals surface area (Å²) in [5, 5.41) is 3.65. The molecule has 0 heterocycles. The minimum absolute atomic E-state index is 0.0211. The van der Waals surface area contributed by atoms with E-state index in [9.17, 15) is 9.59 Å². The molecule has 0 aliphatic rings. The van der Waals surface area contributed by atoms with E-state index in [1.807, 2.05) is 49.4 Å². The summed E-state index contributed by atoms with van der Waals surface area (Å²) in [7, 11) is 0. The second-order valence-corrected chi connectivity index (χ2v) is 8.73. The Hall–Kier alpha value is -2.53. The summed E-state index contributed by atoms with van der Waals surface area (Å²) < 4.78 is 5.71. The standard InChI is InChI=1S/C26H35ClN2O3/c1-4-24(26(31)28-19-20(2)3)29(17-16-21-9-6-5-7-10-21)25(30)11-8-18-32-23-14-12-22(27)13-15-23/h5-7,9-10,12-15,20,24H,4,8,11,16-19H2,1-3H3,(H,28,31). The normalized spacial score (nSPS) is 11.8. The van der Waals surface area contributed by atoms with Gasteiger partial charge in [-0.15, -0.1) is 0 Å². The predicted molar refractivity (Wildman–Crippen MR) is 130 cm³/mol. The van der Waals surface area contributed by atoms with E-state index in [-0.39, 0.29) is 11.8 Å². The number of rotatable bonds is 13. The summed E-state index contributed by atoms with van der Waals surface area (Å²) in [6, 6.07) is 16.7. The second kappa shape index (κ2) is 13.8. The molecule has 6 heteroatoms. The number of amides is 2. The Morgan fingerprint density at radius 1 is 1.06 bits per heavy atom. The summed E-state index contributed by atoms with van der Waals surface area (Å²) in [5.74, 6) is 0.976. The summed E-state index contributed by atoms with van der Waals surface area (Å²) in [6.45, 7) is 7.60. The number of halogens is 1. The van der Waals surface area contributed by atoms with E-state index in [2.05, 4.69) is 19.2 Å². The lowest BCUT2D eigenvalue weighted by Crippen LogP contribution is -2.50. The van der Waals surface area contributed by atoms with Crippen LogP contribution in [0.25, 0.3) is 0 Å². The molecule has 0 aliphatic heterocycles. The first-order valence-electron chi connectivity index (χ1n) is 11.4. The molecule has 0 saturated heterocycles. The highest BCUT2D eigenvalue weighted by atomic mass is 35.5. The third kappa shape index (κ3) is 8.91. The van der Waals surface area contributed by atoms with Crippen molar-refractivity contribution < 1.29 is 14.3 Å². The Labute approximate surface area is 197 Å². The number of benzene rings is 2. The van der Waals surface area contributed by atoms with Crippen molar-refractivity contribution in [3.05, 3.63) is 65.2 Å². The number of hydrogen-bond acceptors (Lipinski definition) is 3. The van der Waals surface area contributed by atoms with Gasteiger partial charge in [0, 0.05) is 24.5 Å². The molecular weight excluding hydrogens is 424 g/mol. The maximum absolute atomic E-state index is 13.1. The van der Waals surface area contributed by atoms with Crippen LogP contribution in [-0.4, -0.2) is 42.5 Å². The molecule has 5 nitrogen and oxygen atoms in total. The van der Waals surface area contributed by atoms with Crippen molar-refractivity contribution in [1.29, 1.82) is 0 Å². The maximum atomic E-state index is 13.1. The van der Waals surface area contributed by atoms with Crippen LogP contribution in [0.15, 0.2) is 54.6 Å². The van der Waals surface area contributed by atoms with E-state index in [0.29, 0.717) is 56.3 Å². The van der Waals surface area contributed by atoms with Gasteiger partial charge < -0.3 is 15.0 Å². The highest BCUT2D eigenvalue weighted by Crippen LogP contribution is 2.16. The zero-order valence-corrected chi connectivity index (χ0v) is 20.1. The van der Waals surface area contributed by atoms with Crippen LogP contribution in [0.2, 0.25) is 5.02 Å². The molecule has 0 fully saturated rings. The highest BCUT2D eigenvalue weighted by molar-refractivity contribution is 6.30. The van der Waals surface area contributed by atoms with E-state index >= 15 is 0 Å². The van der Waals surface area contributed by atoms with Gasteiger partial charge in [-0.05, 0) is 55.0 Å². The van der Waals surface area contributed by atoms with Crippen molar-refractivity contribution >= 4 is 23.4 Å². The molecule has 0 bridgehead atoms. The summed E-state index contributed by atoms with van der Waals surface area (Å²) in [5.41, 5.74) is 1.15. The molecule has 174 valence electrons. The molecule has 0 spiro atoms. The van der Waals surface area contributed by atoms with E-state index in [1.165, 1.54) is 0 Å². The lowest BCUT2D eigenvalue weighted by molar-refractivity contribution is -0.140. The maximum Gasteiger partial charge on any atom is 0.242 e. The third-order valence-corrected chi connectivity index (χ3v) is 5.42. The van der Waals surface area contributed by atoms with Crippen molar-refractivity contribution in [3.8, 4) is 5.75 Å². The first-order valence-corrected chi connectivity index (χ1v) is 11.8. The lowest BCUT2D eigenvalue weighted by atomic mass is 10.1. The van der Waals surface area contributed by atoms with Crippen LogP contribution in [0.4, 0.5) is 0 Å². The summed E-state index contributed by atoms with van der Waals surface area (Å²) in [6.07, 6.45) is 2.19. The Balaban J connectivity index is 1.98. The smallest absolute Gasteiger partial charge is 0.242 e. The molecule has 2 aromatic carbocycles. The minimum Gasteiger partial charge on any atom is -0.494 e. The lowest BCUT2D eigenvalue weighted by Gasteiger charge is -2.31. The third-order valence-electron chi connectivity index (χ3n) is 5.17. The molecule has 0 saturated carbocycles. The number of hydrogen-bond donors (Lipinski definition) is 1. The van der Waals surface area contributed by atoms with Gasteiger partial charge in [0.15, 0.2) is 0 Å². The Bertz CT molecular complexity index is 825. The van der Waals surface area contributed by atoms with Crippen LogP contribution in [0, 0.1) is 5.92 Å². The Morgan fingerprint density at radius 2 is 1.75 bits per heavy atom.